The number of aliphatic hydroxyl groups is 1. The van der Waals surface area contributed by atoms with Gasteiger partial charge in [0.2, 0.25) is 0 Å². The fraction of sp³-hybridized carbons (Fsp3) is 0.357. The summed E-state index contributed by atoms with van der Waals surface area (Å²) in [4.78, 5) is 0. The first-order chi connectivity index (χ1) is 10.3. The molecular formula is C14H17N5OS. The van der Waals surface area contributed by atoms with Crippen molar-refractivity contribution in [2.24, 2.45) is 0 Å². The highest BCUT2D eigenvalue weighted by atomic mass is 32.1. The first-order valence-corrected chi connectivity index (χ1v) is 7.88. The van der Waals surface area contributed by atoms with Gasteiger partial charge in [-0.05, 0) is 36.4 Å². The van der Waals surface area contributed by atoms with Gasteiger partial charge < -0.3 is 10.4 Å². The molecule has 0 aliphatic carbocycles. The van der Waals surface area contributed by atoms with E-state index in [2.05, 4.69) is 27.5 Å². The minimum absolute atomic E-state index is 0.167. The Labute approximate surface area is 126 Å². The summed E-state index contributed by atoms with van der Waals surface area (Å²) in [5.41, 5.74) is 1.73. The minimum Gasteiger partial charge on any atom is -0.396 e. The molecular weight excluding hydrogens is 286 g/mol. The van der Waals surface area contributed by atoms with Crippen molar-refractivity contribution >= 4 is 22.8 Å². The SMILES string of the molecule is CCC(CCO)Nc1ccc2nnc(-c3ccsc3)n2n1. The van der Waals surface area contributed by atoms with Crippen LogP contribution in [0.2, 0.25) is 0 Å². The van der Waals surface area contributed by atoms with Crippen molar-refractivity contribution in [1.82, 2.24) is 19.8 Å². The Morgan fingerprint density at radius 2 is 2.24 bits per heavy atom. The largest absolute Gasteiger partial charge is 0.396 e. The zero-order chi connectivity index (χ0) is 14.7. The average molecular weight is 303 g/mol. The molecule has 3 rings (SSSR count). The number of hydrogen-bond acceptors (Lipinski definition) is 6. The van der Waals surface area contributed by atoms with Crippen molar-refractivity contribution in [2.75, 3.05) is 11.9 Å². The molecule has 0 bridgehead atoms. The van der Waals surface area contributed by atoms with Gasteiger partial charge in [-0.25, -0.2) is 0 Å². The smallest absolute Gasteiger partial charge is 0.186 e. The maximum Gasteiger partial charge on any atom is 0.186 e. The summed E-state index contributed by atoms with van der Waals surface area (Å²) in [5, 5.41) is 29.3. The Hall–Kier alpha value is -1.99. The summed E-state index contributed by atoms with van der Waals surface area (Å²) in [6.07, 6.45) is 1.63. The van der Waals surface area contributed by atoms with Gasteiger partial charge in [0, 0.05) is 23.6 Å². The molecule has 0 aliphatic rings. The highest BCUT2D eigenvalue weighted by Gasteiger charge is 2.12. The van der Waals surface area contributed by atoms with Crippen molar-refractivity contribution in [1.29, 1.82) is 0 Å². The first-order valence-electron chi connectivity index (χ1n) is 6.94. The Bertz CT molecular complexity index is 709. The molecule has 0 saturated carbocycles. The Kier molecular flexibility index (Phi) is 4.12. The lowest BCUT2D eigenvalue weighted by molar-refractivity contribution is 0.278. The third-order valence-corrected chi connectivity index (χ3v) is 4.05. The van der Waals surface area contributed by atoms with Crippen LogP contribution in [0.5, 0.6) is 0 Å². The number of thiophene rings is 1. The molecule has 0 amide bonds. The van der Waals surface area contributed by atoms with Crippen LogP contribution >= 0.6 is 11.3 Å². The molecule has 2 N–H and O–H groups in total. The average Bonchev–Trinajstić information content (AvgIpc) is 3.15. The second-order valence-corrected chi connectivity index (χ2v) is 5.57. The van der Waals surface area contributed by atoms with Crippen molar-refractivity contribution in [3.05, 3.63) is 29.0 Å². The van der Waals surface area contributed by atoms with E-state index < -0.39 is 0 Å². The third-order valence-electron chi connectivity index (χ3n) is 3.36. The van der Waals surface area contributed by atoms with E-state index in [4.69, 9.17) is 5.11 Å². The molecule has 0 aliphatic heterocycles. The summed E-state index contributed by atoms with van der Waals surface area (Å²) in [5.74, 6) is 1.50. The summed E-state index contributed by atoms with van der Waals surface area (Å²) in [7, 11) is 0. The normalized spacial score (nSPS) is 12.7. The number of aliphatic hydroxyl groups excluding tert-OH is 1. The third kappa shape index (κ3) is 2.88. The molecule has 0 saturated heterocycles. The Morgan fingerprint density at radius 3 is 2.95 bits per heavy atom. The van der Waals surface area contributed by atoms with Crippen LogP contribution in [0.1, 0.15) is 19.8 Å². The topological polar surface area (TPSA) is 75.3 Å². The second kappa shape index (κ2) is 6.19. The fourth-order valence-electron chi connectivity index (χ4n) is 2.18. The second-order valence-electron chi connectivity index (χ2n) is 4.79. The quantitative estimate of drug-likeness (QED) is 0.731. The molecule has 1 atom stereocenters. The lowest BCUT2D eigenvalue weighted by Crippen LogP contribution is -2.21. The fourth-order valence-corrected chi connectivity index (χ4v) is 2.82. The van der Waals surface area contributed by atoms with Crippen molar-refractivity contribution < 1.29 is 5.11 Å². The van der Waals surface area contributed by atoms with E-state index in [1.54, 1.807) is 15.9 Å². The summed E-state index contributed by atoms with van der Waals surface area (Å²) in [6.45, 7) is 2.25. The maximum atomic E-state index is 9.07. The van der Waals surface area contributed by atoms with Crippen LogP contribution in [0, 0.1) is 0 Å². The van der Waals surface area contributed by atoms with Crippen LogP contribution < -0.4 is 5.32 Å². The summed E-state index contributed by atoms with van der Waals surface area (Å²) in [6, 6.07) is 6.00. The van der Waals surface area contributed by atoms with Crippen LogP contribution in [0.25, 0.3) is 17.0 Å². The van der Waals surface area contributed by atoms with Gasteiger partial charge in [-0.1, -0.05) is 6.92 Å². The number of nitrogens with one attached hydrogen (secondary N) is 1. The predicted octanol–water partition coefficient (Wildman–Crippen LogP) is 2.43. The highest BCUT2D eigenvalue weighted by molar-refractivity contribution is 7.08. The number of fused-ring (bicyclic) bond motifs is 1. The van der Waals surface area contributed by atoms with Gasteiger partial charge in [0.1, 0.15) is 5.82 Å². The number of anilines is 1. The van der Waals surface area contributed by atoms with E-state index in [-0.39, 0.29) is 12.6 Å². The monoisotopic (exact) mass is 303 g/mol. The number of hydrogen-bond donors (Lipinski definition) is 2. The minimum atomic E-state index is 0.167. The Balaban J connectivity index is 1.93. The van der Waals surface area contributed by atoms with E-state index in [1.807, 2.05) is 29.0 Å². The van der Waals surface area contributed by atoms with Crippen molar-refractivity contribution in [3.8, 4) is 11.4 Å². The standard InChI is InChI=1S/C14H17N5OS/c1-2-11(5-7-20)15-12-3-4-13-16-17-14(19(13)18-12)10-6-8-21-9-10/h3-4,6,8-9,11,20H,2,5,7H2,1H3,(H,15,18). The van der Waals surface area contributed by atoms with E-state index >= 15 is 0 Å². The zero-order valence-electron chi connectivity index (χ0n) is 11.7. The van der Waals surface area contributed by atoms with Crippen LogP contribution in [0.3, 0.4) is 0 Å². The lowest BCUT2D eigenvalue weighted by Gasteiger charge is -2.16. The summed E-state index contributed by atoms with van der Waals surface area (Å²) >= 11 is 1.62. The number of nitrogens with zero attached hydrogens (tertiary/aromatic N) is 4. The molecule has 21 heavy (non-hydrogen) atoms. The van der Waals surface area contributed by atoms with Crippen LogP contribution in [-0.4, -0.2) is 37.6 Å². The molecule has 7 heteroatoms. The van der Waals surface area contributed by atoms with Gasteiger partial charge >= 0.3 is 0 Å². The van der Waals surface area contributed by atoms with E-state index in [0.717, 1.165) is 29.3 Å². The van der Waals surface area contributed by atoms with E-state index in [1.165, 1.54) is 0 Å². The maximum absolute atomic E-state index is 9.07. The highest BCUT2D eigenvalue weighted by Crippen LogP contribution is 2.21. The van der Waals surface area contributed by atoms with Crippen LogP contribution in [0.4, 0.5) is 5.82 Å². The molecule has 1 unspecified atom stereocenters. The molecule has 3 heterocycles. The molecule has 0 radical (unpaired) electrons. The molecule has 0 spiro atoms. The zero-order valence-corrected chi connectivity index (χ0v) is 12.5. The van der Waals surface area contributed by atoms with Crippen LogP contribution in [-0.2, 0) is 0 Å². The molecule has 3 aromatic rings. The van der Waals surface area contributed by atoms with Gasteiger partial charge in [0.25, 0.3) is 0 Å². The van der Waals surface area contributed by atoms with E-state index in [9.17, 15) is 0 Å². The van der Waals surface area contributed by atoms with Gasteiger partial charge in [-0.3, -0.25) is 0 Å². The molecule has 0 aromatic carbocycles. The number of rotatable bonds is 6. The Morgan fingerprint density at radius 1 is 1.33 bits per heavy atom. The first kappa shape index (κ1) is 14.0. The van der Waals surface area contributed by atoms with Crippen molar-refractivity contribution in [3.63, 3.8) is 0 Å². The summed E-state index contributed by atoms with van der Waals surface area (Å²) < 4.78 is 1.75. The molecule has 6 nitrogen and oxygen atoms in total. The number of aromatic nitrogens is 4. The van der Waals surface area contributed by atoms with Crippen LogP contribution in [0.15, 0.2) is 29.0 Å². The molecule has 3 aromatic heterocycles. The van der Waals surface area contributed by atoms with E-state index in [0.29, 0.717) is 6.42 Å². The van der Waals surface area contributed by atoms with Gasteiger partial charge in [0.05, 0.1) is 0 Å². The van der Waals surface area contributed by atoms with Gasteiger partial charge in [-0.2, -0.15) is 15.9 Å². The van der Waals surface area contributed by atoms with Gasteiger partial charge in [-0.15, -0.1) is 15.3 Å². The molecule has 0 fully saturated rings. The predicted molar refractivity (Wildman–Crippen MR) is 83.5 cm³/mol. The molecule has 110 valence electrons. The van der Waals surface area contributed by atoms with Crippen molar-refractivity contribution in [2.45, 2.75) is 25.8 Å². The van der Waals surface area contributed by atoms with Gasteiger partial charge in [0.15, 0.2) is 11.5 Å². The lowest BCUT2D eigenvalue weighted by atomic mass is 10.1.